The zero-order valence-corrected chi connectivity index (χ0v) is 29.4. The number of unbranched alkanes of at least 4 members (excludes halogenated alkanes) is 1. The van der Waals surface area contributed by atoms with Crippen molar-refractivity contribution in [2.45, 2.75) is 45.6 Å². The Morgan fingerprint density at radius 1 is 0.857 bits per heavy atom. The van der Waals surface area contributed by atoms with Crippen molar-refractivity contribution in [2.75, 3.05) is 23.8 Å². The third kappa shape index (κ3) is 9.30. The van der Waals surface area contributed by atoms with Crippen LogP contribution in [0.25, 0.3) is 0 Å². The van der Waals surface area contributed by atoms with Gasteiger partial charge in [0, 0.05) is 27.5 Å². The quantitative estimate of drug-likeness (QED) is 0.0778. The summed E-state index contributed by atoms with van der Waals surface area (Å²) < 4.78 is 11.1. The summed E-state index contributed by atoms with van der Waals surface area (Å²) in [4.78, 5) is 75.1. The standard InChI is InChI=1S/C27H29I3N4O8/c1-4-41-25(39)27(31,12-8-9-13-32-26(40)42-24(38)16-10-6-5-7-11-16)23(37)17-18(28)21(33-14(2)35)20(30)22(19(17)29)34-15(3)36/h5-7,10-11H,4,8-9,12-13,31H2,1-3H3,(H,32,40)(H,33,35)(H,34,36)/t27-/m1/s1. The number of alkyl carbamates (subject to hydrolysis) is 1. The minimum atomic E-state index is -2.12. The van der Waals surface area contributed by atoms with Gasteiger partial charge in [0.2, 0.25) is 11.8 Å². The van der Waals surface area contributed by atoms with Crippen LogP contribution < -0.4 is 21.7 Å². The number of esters is 2. The van der Waals surface area contributed by atoms with Crippen LogP contribution in [0.15, 0.2) is 30.3 Å². The molecule has 0 aliphatic rings. The van der Waals surface area contributed by atoms with Crippen LogP contribution >= 0.6 is 67.8 Å². The van der Waals surface area contributed by atoms with Gasteiger partial charge >= 0.3 is 18.0 Å². The van der Waals surface area contributed by atoms with E-state index < -0.39 is 41.2 Å². The second-order valence-corrected chi connectivity index (χ2v) is 12.1. The van der Waals surface area contributed by atoms with Gasteiger partial charge in [-0.2, -0.15) is 0 Å². The first-order valence-corrected chi connectivity index (χ1v) is 15.8. The number of Topliss-reactive ketones (excluding diaryl/α,β-unsaturated/α-hetero) is 1. The Morgan fingerprint density at radius 3 is 1.90 bits per heavy atom. The smallest absolute Gasteiger partial charge is 0.415 e. The van der Waals surface area contributed by atoms with Crippen molar-refractivity contribution >= 4 is 115 Å². The van der Waals surface area contributed by atoms with Gasteiger partial charge in [0.05, 0.1) is 32.7 Å². The number of hydrogen-bond donors (Lipinski definition) is 4. The van der Waals surface area contributed by atoms with Gasteiger partial charge in [0.15, 0.2) is 11.3 Å². The third-order valence-electron chi connectivity index (χ3n) is 5.65. The molecule has 0 saturated carbocycles. The Bertz CT molecular complexity index is 1340. The van der Waals surface area contributed by atoms with Crippen molar-refractivity contribution in [1.82, 2.24) is 5.32 Å². The normalized spacial score (nSPS) is 12.0. The number of halogens is 3. The van der Waals surface area contributed by atoms with E-state index in [1.165, 1.54) is 26.0 Å². The Labute approximate surface area is 283 Å². The molecule has 0 spiro atoms. The number of nitrogens with one attached hydrogen (secondary N) is 3. The van der Waals surface area contributed by atoms with Crippen LogP contribution in [-0.4, -0.2) is 54.3 Å². The fraction of sp³-hybridized carbons (Fsp3) is 0.333. The Morgan fingerprint density at radius 2 is 1.40 bits per heavy atom. The summed E-state index contributed by atoms with van der Waals surface area (Å²) in [5.41, 5.74) is 5.21. The average molecular weight is 918 g/mol. The molecule has 0 unspecified atom stereocenters. The van der Waals surface area contributed by atoms with Crippen molar-refractivity contribution in [3.63, 3.8) is 0 Å². The number of carbonyl (C=O) groups is 6. The van der Waals surface area contributed by atoms with Crippen LogP contribution in [0.2, 0.25) is 0 Å². The molecule has 226 valence electrons. The minimum absolute atomic E-state index is 0.0247. The van der Waals surface area contributed by atoms with Crippen molar-refractivity contribution in [2.24, 2.45) is 5.73 Å². The average Bonchev–Trinajstić information content (AvgIpc) is 2.93. The van der Waals surface area contributed by atoms with Gasteiger partial charge in [-0.05, 0) is 106 Å². The summed E-state index contributed by atoms with van der Waals surface area (Å²) in [6.07, 6.45) is -0.589. The van der Waals surface area contributed by atoms with E-state index in [2.05, 4.69) is 16.0 Å². The number of ether oxygens (including phenoxy) is 2. The van der Waals surface area contributed by atoms with Gasteiger partial charge in [-0.25, -0.2) is 14.4 Å². The summed E-state index contributed by atoms with van der Waals surface area (Å²) in [5.74, 6) is -3.31. The number of carbonyl (C=O) groups excluding carboxylic acids is 6. The second kappa shape index (κ2) is 16.5. The first-order valence-electron chi connectivity index (χ1n) is 12.6. The van der Waals surface area contributed by atoms with Gasteiger partial charge in [-0.1, -0.05) is 18.2 Å². The van der Waals surface area contributed by atoms with Crippen LogP contribution in [0.5, 0.6) is 0 Å². The lowest BCUT2D eigenvalue weighted by Gasteiger charge is -2.28. The molecule has 0 bridgehead atoms. The third-order valence-corrected chi connectivity index (χ3v) is 8.89. The molecule has 0 aliphatic carbocycles. The molecule has 3 amide bonds. The molecule has 0 radical (unpaired) electrons. The maximum atomic E-state index is 14.0. The highest BCUT2D eigenvalue weighted by atomic mass is 127. The fourth-order valence-corrected chi connectivity index (χ4v) is 7.89. The molecule has 0 heterocycles. The van der Waals surface area contributed by atoms with Crippen LogP contribution in [0.3, 0.4) is 0 Å². The molecule has 0 saturated heterocycles. The first-order chi connectivity index (χ1) is 19.7. The topological polar surface area (TPSA) is 183 Å². The first kappa shape index (κ1) is 35.8. The SMILES string of the molecule is CCOC(=O)[C@@](N)(CCCCNC(=O)OC(=O)c1ccccc1)C(=O)c1c(I)c(NC(C)=O)c(I)c(NC(C)=O)c1I. The molecule has 2 aromatic rings. The van der Waals surface area contributed by atoms with Crippen LogP contribution in [-0.2, 0) is 23.9 Å². The number of anilines is 2. The van der Waals surface area contributed by atoms with Crippen molar-refractivity contribution in [3.05, 3.63) is 52.2 Å². The molecule has 2 aromatic carbocycles. The van der Waals surface area contributed by atoms with Gasteiger partial charge in [-0.3, -0.25) is 14.4 Å². The van der Waals surface area contributed by atoms with E-state index >= 15 is 0 Å². The lowest BCUT2D eigenvalue weighted by molar-refractivity contribution is -0.147. The van der Waals surface area contributed by atoms with E-state index in [1.807, 2.05) is 67.8 Å². The fourth-order valence-electron chi connectivity index (χ4n) is 3.70. The van der Waals surface area contributed by atoms with Crippen LogP contribution in [0.1, 0.15) is 60.7 Å². The number of amides is 3. The van der Waals surface area contributed by atoms with E-state index in [0.717, 1.165) is 0 Å². The summed E-state index contributed by atoms with van der Waals surface area (Å²) in [6, 6.07) is 8.02. The van der Waals surface area contributed by atoms with Gasteiger partial charge in [-0.15, -0.1) is 0 Å². The number of nitrogens with two attached hydrogens (primary N) is 1. The van der Waals surface area contributed by atoms with Crippen molar-refractivity contribution in [1.29, 1.82) is 0 Å². The molecule has 1 atom stereocenters. The largest absolute Gasteiger partial charge is 0.464 e. The highest BCUT2D eigenvalue weighted by Crippen LogP contribution is 2.40. The maximum absolute atomic E-state index is 14.0. The zero-order chi connectivity index (χ0) is 31.6. The highest BCUT2D eigenvalue weighted by molar-refractivity contribution is 14.1. The zero-order valence-electron chi connectivity index (χ0n) is 22.9. The molecule has 12 nitrogen and oxygen atoms in total. The Hall–Kier alpha value is -2.39. The van der Waals surface area contributed by atoms with E-state index in [4.69, 9.17) is 15.2 Å². The molecule has 0 aromatic heterocycles. The van der Waals surface area contributed by atoms with E-state index in [0.29, 0.717) is 10.7 Å². The van der Waals surface area contributed by atoms with E-state index in [9.17, 15) is 28.8 Å². The van der Waals surface area contributed by atoms with Gasteiger partial charge in [0.1, 0.15) is 0 Å². The predicted octanol–water partition coefficient (Wildman–Crippen LogP) is 4.60. The Balaban J connectivity index is 2.27. The monoisotopic (exact) mass is 918 g/mol. The summed E-state index contributed by atoms with van der Waals surface area (Å²) in [6.45, 7) is 4.24. The highest BCUT2D eigenvalue weighted by Gasteiger charge is 2.45. The lowest BCUT2D eigenvalue weighted by atomic mass is 9.85. The second-order valence-electron chi connectivity index (χ2n) is 8.88. The molecule has 42 heavy (non-hydrogen) atoms. The van der Waals surface area contributed by atoms with E-state index in [-0.39, 0.29) is 54.9 Å². The van der Waals surface area contributed by atoms with Crippen molar-refractivity contribution in [3.8, 4) is 0 Å². The van der Waals surface area contributed by atoms with Crippen LogP contribution in [0.4, 0.5) is 16.2 Å². The predicted molar refractivity (Wildman–Crippen MR) is 180 cm³/mol. The Kier molecular flexibility index (Phi) is 14.0. The number of rotatable bonds is 12. The van der Waals surface area contributed by atoms with E-state index in [1.54, 1.807) is 25.1 Å². The molecule has 0 fully saturated rings. The minimum Gasteiger partial charge on any atom is -0.464 e. The number of ketones is 1. The van der Waals surface area contributed by atoms with Gasteiger partial charge < -0.3 is 31.2 Å². The number of benzene rings is 2. The number of hydrogen-bond acceptors (Lipinski definition) is 9. The lowest BCUT2D eigenvalue weighted by Crippen LogP contribution is -2.56. The molecule has 5 N–H and O–H groups in total. The summed E-state index contributed by atoms with van der Waals surface area (Å²) in [7, 11) is 0. The van der Waals surface area contributed by atoms with Gasteiger partial charge in [0.25, 0.3) is 0 Å². The maximum Gasteiger partial charge on any atom is 0.415 e. The molecule has 2 rings (SSSR count). The summed E-state index contributed by atoms with van der Waals surface area (Å²) in [5, 5.41) is 7.82. The molecule has 15 heteroatoms. The molecular formula is C27H29I3N4O8. The van der Waals surface area contributed by atoms with Crippen LogP contribution in [0, 0.1) is 10.7 Å². The molecule has 0 aliphatic heterocycles. The van der Waals surface area contributed by atoms with Crippen molar-refractivity contribution < 1.29 is 38.2 Å². The molecular weight excluding hydrogens is 889 g/mol. The summed E-state index contributed by atoms with van der Waals surface area (Å²) >= 11 is 5.74.